The summed E-state index contributed by atoms with van der Waals surface area (Å²) in [4.78, 5) is 21.3. The van der Waals surface area contributed by atoms with Gasteiger partial charge in [-0.3, -0.25) is 4.79 Å². The first-order valence-electron chi connectivity index (χ1n) is 13.4. The molecule has 0 aromatic rings. The zero-order chi connectivity index (χ0) is 28.0. The number of ether oxygens (including phenoxy) is 1. The van der Waals surface area contributed by atoms with Crippen LogP contribution in [0.5, 0.6) is 0 Å². The van der Waals surface area contributed by atoms with Crippen LogP contribution in [0.1, 0.15) is 78.6 Å². The number of aliphatic hydroxyl groups excluding tert-OH is 2. The third-order valence-corrected chi connectivity index (χ3v) is 5.06. The van der Waals surface area contributed by atoms with E-state index in [0.29, 0.717) is 25.9 Å². The van der Waals surface area contributed by atoms with Gasteiger partial charge in [-0.25, -0.2) is 0 Å². The zero-order valence-corrected chi connectivity index (χ0v) is 23.3. The van der Waals surface area contributed by atoms with Gasteiger partial charge >= 0.3 is 5.97 Å². The molecule has 4 N–H and O–H groups in total. The molecule has 0 radical (unpaired) electrons. The zero-order valence-electron chi connectivity index (χ0n) is 23.3. The van der Waals surface area contributed by atoms with Crippen molar-refractivity contribution in [2.45, 2.75) is 84.7 Å². The van der Waals surface area contributed by atoms with Crippen LogP contribution in [0, 0.1) is 5.41 Å². The first-order chi connectivity index (χ1) is 17.9. The Hall–Kier alpha value is -2.54. The van der Waals surface area contributed by atoms with E-state index in [1.807, 2.05) is 6.08 Å². The number of hydrogen-bond acceptors (Lipinski definition) is 6. The smallest absolute Gasteiger partial charge is 0.306 e. The molecule has 0 bridgehead atoms. The fourth-order valence-corrected chi connectivity index (χ4v) is 2.46. The van der Waals surface area contributed by atoms with E-state index >= 15 is 0 Å². The summed E-state index contributed by atoms with van der Waals surface area (Å²) in [5.74, 6) is -0.145. The molecule has 0 saturated carbocycles. The lowest BCUT2D eigenvalue weighted by Gasteiger charge is -2.23. The summed E-state index contributed by atoms with van der Waals surface area (Å²) in [6, 6.07) is 0. The van der Waals surface area contributed by atoms with Crippen molar-refractivity contribution in [3.63, 3.8) is 0 Å². The second-order valence-electron chi connectivity index (χ2n) is 9.04. The summed E-state index contributed by atoms with van der Waals surface area (Å²) in [6.07, 6.45) is 33.3. The Morgan fingerprint density at radius 3 is 1.62 bits per heavy atom. The monoisotopic (exact) mass is 517 g/mol. The Balaban J connectivity index is 0. The van der Waals surface area contributed by atoms with E-state index in [-0.39, 0.29) is 12.6 Å². The van der Waals surface area contributed by atoms with E-state index in [2.05, 4.69) is 73.8 Å². The topological polar surface area (TPSA) is 110 Å². The van der Waals surface area contributed by atoms with Crippen LogP contribution in [0.2, 0.25) is 0 Å². The van der Waals surface area contributed by atoms with Crippen molar-refractivity contribution in [2.75, 3.05) is 19.8 Å². The molecule has 6 heteroatoms. The molecule has 0 amide bonds. The fourth-order valence-electron chi connectivity index (χ4n) is 2.46. The average Bonchev–Trinajstić information content (AvgIpc) is 2.90. The van der Waals surface area contributed by atoms with Crippen molar-refractivity contribution >= 4 is 12.3 Å². The molecule has 0 aliphatic heterocycles. The predicted octanol–water partition coefficient (Wildman–Crippen LogP) is 5.92. The molecular weight excluding hydrogens is 466 g/mol. The number of esters is 1. The molecule has 0 aliphatic carbocycles. The Kier molecular flexibility index (Phi) is 27.7. The Morgan fingerprint density at radius 2 is 1.27 bits per heavy atom. The van der Waals surface area contributed by atoms with Gasteiger partial charge < -0.3 is 25.5 Å². The van der Waals surface area contributed by atoms with Crippen molar-refractivity contribution in [3.8, 4) is 0 Å². The molecule has 1 atom stereocenters. The largest absolute Gasteiger partial charge is 0.466 e. The molecule has 0 spiro atoms. The van der Waals surface area contributed by atoms with Crippen molar-refractivity contribution in [3.05, 3.63) is 72.9 Å². The molecule has 0 heterocycles. The van der Waals surface area contributed by atoms with E-state index in [1.54, 1.807) is 13.8 Å². The van der Waals surface area contributed by atoms with Crippen LogP contribution in [0.3, 0.4) is 0 Å². The van der Waals surface area contributed by atoms with Gasteiger partial charge in [0, 0.05) is 11.8 Å². The molecule has 0 saturated heterocycles. The van der Waals surface area contributed by atoms with Crippen molar-refractivity contribution in [1.82, 2.24) is 0 Å². The van der Waals surface area contributed by atoms with Gasteiger partial charge in [-0.15, -0.1) is 0 Å². The molecule has 0 rings (SSSR count). The van der Waals surface area contributed by atoms with Crippen molar-refractivity contribution in [2.24, 2.45) is 11.1 Å². The number of carbonyl (C=O) groups is 2. The average molecular weight is 518 g/mol. The lowest BCUT2D eigenvalue weighted by atomic mass is 9.89. The Bertz CT molecular complexity index is 717. The van der Waals surface area contributed by atoms with Crippen LogP contribution in [0.15, 0.2) is 72.9 Å². The minimum Gasteiger partial charge on any atom is -0.466 e. The van der Waals surface area contributed by atoms with Crippen LogP contribution >= 0.6 is 0 Å². The van der Waals surface area contributed by atoms with Gasteiger partial charge in [-0.2, -0.15) is 0 Å². The van der Waals surface area contributed by atoms with Gasteiger partial charge in [0.1, 0.15) is 12.4 Å². The number of aliphatic hydroxyl groups is 2. The second kappa shape index (κ2) is 28.0. The first-order valence-corrected chi connectivity index (χ1v) is 13.4. The van der Waals surface area contributed by atoms with E-state index in [4.69, 9.17) is 20.7 Å². The quantitative estimate of drug-likeness (QED) is 0.0800. The molecule has 0 aromatic carbocycles. The summed E-state index contributed by atoms with van der Waals surface area (Å²) < 4.78 is 5.03. The number of rotatable bonds is 20. The molecule has 0 fully saturated rings. The SMILES string of the molecule is CC(C)(CO)C(O)C=O.CC/C=C\C/C=C\C/C=C\C/C=C\C/C=C\C/C=C\CCC(=O)OCCCN. The predicted molar refractivity (Wildman–Crippen MR) is 155 cm³/mol. The summed E-state index contributed by atoms with van der Waals surface area (Å²) in [5.41, 5.74) is 4.64. The summed E-state index contributed by atoms with van der Waals surface area (Å²) in [5, 5.41) is 17.4. The van der Waals surface area contributed by atoms with Gasteiger partial charge in [-0.1, -0.05) is 93.7 Å². The molecule has 0 aromatic heterocycles. The van der Waals surface area contributed by atoms with E-state index < -0.39 is 11.5 Å². The molecule has 6 nitrogen and oxygen atoms in total. The molecule has 37 heavy (non-hydrogen) atoms. The molecule has 1 unspecified atom stereocenters. The Morgan fingerprint density at radius 1 is 0.838 bits per heavy atom. The number of hydrogen-bond donors (Lipinski definition) is 3. The van der Waals surface area contributed by atoms with Gasteiger partial charge in [0.2, 0.25) is 0 Å². The minimum atomic E-state index is -1.07. The Labute approximate surface area is 225 Å². The van der Waals surface area contributed by atoms with Gasteiger partial charge in [0.15, 0.2) is 0 Å². The van der Waals surface area contributed by atoms with Crippen LogP contribution in [-0.2, 0) is 14.3 Å². The normalized spacial score (nSPS) is 13.4. The second-order valence-corrected chi connectivity index (χ2v) is 9.04. The minimum absolute atomic E-state index is 0.145. The fraction of sp³-hybridized carbons (Fsp3) is 0.548. The van der Waals surface area contributed by atoms with Crippen molar-refractivity contribution in [1.29, 1.82) is 0 Å². The molecule has 0 aliphatic rings. The number of aldehydes is 1. The van der Waals surface area contributed by atoms with Crippen LogP contribution in [-0.4, -0.2) is 48.3 Å². The summed E-state index contributed by atoms with van der Waals surface area (Å²) >= 11 is 0. The highest BCUT2D eigenvalue weighted by Crippen LogP contribution is 2.17. The lowest BCUT2D eigenvalue weighted by Crippen LogP contribution is -2.33. The maximum atomic E-state index is 11.4. The lowest BCUT2D eigenvalue weighted by molar-refractivity contribution is -0.143. The van der Waals surface area contributed by atoms with Gasteiger partial charge in [0.25, 0.3) is 0 Å². The maximum absolute atomic E-state index is 11.4. The third kappa shape index (κ3) is 27.9. The summed E-state index contributed by atoms with van der Waals surface area (Å²) in [6.45, 7) is 6.18. The maximum Gasteiger partial charge on any atom is 0.306 e. The highest BCUT2D eigenvalue weighted by atomic mass is 16.5. The van der Waals surface area contributed by atoms with Crippen LogP contribution in [0.4, 0.5) is 0 Å². The number of carbonyl (C=O) groups excluding carboxylic acids is 2. The van der Waals surface area contributed by atoms with E-state index in [9.17, 15) is 9.59 Å². The molecular formula is C31H51NO5. The standard InChI is InChI=1S/C25H39NO2.C6H12O3/c1-2-3-4-5-6-7-8-9-10-11-12-13-14-15-16-17-18-19-20-22-25(27)28-24-21-23-26;1-6(2,4-8)5(9)3-7/h3-4,6-7,9-10,12-13,15-16,18-19H,2,5,8,11,14,17,20-24,26H2,1H3;3,5,8-9H,4H2,1-2H3/b4-3-,7-6-,10-9-,13-12-,16-15-,19-18-;. The highest BCUT2D eigenvalue weighted by Gasteiger charge is 2.25. The van der Waals surface area contributed by atoms with Crippen LogP contribution in [0.25, 0.3) is 0 Å². The third-order valence-electron chi connectivity index (χ3n) is 5.06. The number of allylic oxidation sites excluding steroid dienone is 12. The van der Waals surface area contributed by atoms with Crippen LogP contribution < -0.4 is 5.73 Å². The van der Waals surface area contributed by atoms with Gasteiger partial charge in [-0.05, 0) is 57.9 Å². The first kappa shape index (κ1) is 36.6. The number of nitrogens with two attached hydrogens (primary N) is 1. The highest BCUT2D eigenvalue weighted by molar-refractivity contribution is 5.69. The van der Waals surface area contributed by atoms with Gasteiger partial charge in [0.05, 0.1) is 13.2 Å². The molecule has 210 valence electrons. The van der Waals surface area contributed by atoms with E-state index in [0.717, 1.165) is 51.4 Å². The summed E-state index contributed by atoms with van der Waals surface area (Å²) in [7, 11) is 0. The van der Waals surface area contributed by atoms with E-state index in [1.165, 1.54) is 0 Å². The van der Waals surface area contributed by atoms with Crippen molar-refractivity contribution < 1.29 is 24.5 Å².